The van der Waals surface area contributed by atoms with Crippen molar-refractivity contribution in [1.82, 2.24) is 4.98 Å². The second-order valence-corrected chi connectivity index (χ2v) is 6.90. The highest BCUT2D eigenvalue weighted by Crippen LogP contribution is 2.33. The lowest BCUT2D eigenvalue weighted by atomic mass is 10.2. The van der Waals surface area contributed by atoms with Crippen LogP contribution in [0.15, 0.2) is 41.8 Å². The number of benzene rings is 2. The highest BCUT2D eigenvalue weighted by atomic mass is 32.1. The van der Waals surface area contributed by atoms with Gasteiger partial charge in [0, 0.05) is 28.9 Å². The number of methoxy groups -OCH3 is 2. The highest BCUT2D eigenvalue weighted by Gasteiger charge is 2.15. The summed E-state index contributed by atoms with van der Waals surface area (Å²) >= 11 is 1.33. The zero-order valence-electron chi connectivity index (χ0n) is 15.9. The number of rotatable bonds is 6. The molecule has 0 saturated carbocycles. The Morgan fingerprint density at radius 2 is 1.76 bits per heavy atom. The van der Waals surface area contributed by atoms with Crippen molar-refractivity contribution in [3.8, 4) is 23.0 Å². The van der Waals surface area contributed by atoms with Gasteiger partial charge in [-0.05, 0) is 24.3 Å². The number of hydrogen-bond acceptors (Lipinski definition) is 8. The lowest BCUT2D eigenvalue weighted by Crippen LogP contribution is -2.16. The number of carbonyl (C=O) groups is 1. The quantitative estimate of drug-likeness (QED) is 0.633. The van der Waals surface area contributed by atoms with Crippen LogP contribution in [-0.4, -0.2) is 38.3 Å². The number of anilines is 3. The average molecular weight is 413 g/mol. The van der Waals surface area contributed by atoms with Crippen molar-refractivity contribution in [2.75, 3.05) is 38.1 Å². The summed E-state index contributed by atoms with van der Waals surface area (Å²) in [4.78, 5) is 16.9. The van der Waals surface area contributed by atoms with Gasteiger partial charge in [-0.15, -0.1) is 11.3 Å². The molecular formula is C20H19N3O5S. The molecule has 2 aromatic carbocycles. The summed E-state index contributed by atoms with van der Waals surface area (Å²) in [6.45, 7) is 1.01. The highest BCUT2D eigenvalue weighted by molar-refractivity contribution is 7.14. The van der Waals surface area contributed by atoms with Crippen molar-refractivity contribution >= 4 is 33.8 Å². The zero-order valence-corrected chi connectivity index (χ0v) is 16.7. The molecular weight excluding hydrogens is 394 g/mol. The molecule has 0 bridgehead atoms. The molecule has 3 aromatic rings. The minimum absolute atomic E-state index is 0.307. The molecule has 0 radical (unpaired) electrons. The van der Waals surface area contributed by atoms with E-state index in [1.807, 2.05) is 6.07 Å². The van der Waals surface area contributed by atoms with Gasteiger partial charge in [0.05, 0.1) is 14.2 Å². The van der Waals surface area contributed by atoms with E-state index >= 15 is 0 Å². The van der Waals surface area contributed by atoms with Crippen molar-refractivity contribution in [2.45, 2.75) is 0 Å². The Hall–Kier alpha value is -3.46. The first kappa shape index (κ1) is 18.9. The van der Waals surface area contributed by atoms with E-state index in [2.05, 4.69) is 15.6 Å². The van der Waals surface area contributed by atoms with Gasteiger partial charge in [-0.1, -0.05) is 0 Å². The van der Waals surface area contributed by atoms with E-state index < -0.39 is 0 Å². The number of fused-ring (bicyclic) bond motifs is 1. The molecule has 9 heteroatoms. The molecule has 4 rings (SSSR count). The molecule has 1 amide bonds. The second kappa shape index (κ2) is 8.27. The number of hydrogen-bond donors (Lipinski definition) is 2. The molecule has 8 nitrogen and oxygen atoms in total. The van der Waals surface area contributed by atoms with Gasteiger partial charge in [0.1, 0.15) is 18.9 Å². The van der Waals surface area contributed by atoms with Crippen LogP contribution in [-0.2, 0) is 0 Å². The normalized spacial score (nSPS) is 12.2. The van der Waals surface area contributed by atoms with E-state index in [1.54, 1.807) is 49.9 Å². The molecule has 0 atom stereocenters. The SMILES string of the molecule is COc1ccc(Nc2nc(C(=O)Nc3ccc4c(c3)OCCO4)cs2)cc1OC. The number of thiazole rings is 1. The zero-order chi connectivity index (χ0) is 20.2. The molecule has 1 aliphatic rings. The Balaban J connectivity index is 1.44. The van der Waals surface area contributed by atoms with Crippen LogP contribution in [0.3, 0.4) is 0 Å². The molecule has 0 spiro atoms. The molecule has 0 saturated heterocycles. The number of nitrogens with one attached hydrogen (secondary N) is 2. The summed E-state index contributed by atoms with van der Waals surface area (Å²) in [6, 6.07) is 10.7. The largest absolute Gasteiger partial charge is 0.493 e. The van der Waals surface area contributed by atoms with Crippen molar-refractivity contribution in [3.63, 3.8) is 0 Å². The molecule has 0 aliphatic carbocycles. The monoisotopic (exact) mass is 413 g/mol. The standard InChI is InChI=1S/C20H19N3O5S/c1-25-15-5-3-13(9-17(15)26-2)22-20-23-14(11-29-20)19(24)21-12-4-6-16-18(10-12)28-8-7-27-16/h3-6,9-11H,7-8H2,1-2H3,(H,21,24)(H,22,23). The Bertz CT molecular complexity index is 1040. The van der Waals surface area contributed by atoms with Crippen LogP contribution >= 0.6 is 11.3 Å². The van der Waals surface area contributed by atoms with Gasteiger partial charge in [0.25, 0.3) is 5.91 Å². The van der Waals surface area contributed by atoms with Crippen LogP contribution in [0.2, 0.25) is 0 Å². The van der Waals surface area contributed by atoms with Crippen molar-refractivity contribution in [2.24, 2.45) is 0 Å². The fourth-order valence-corrected chi connectivity index (χ4v) is 3.50. The molecule has 1 aromatic heterocycles. The summed E-state index contributed by atoms with van der Waals surface area (Å²) in [6.07, 6.45) is 0. The number of carbonyl (C=O) groups excluding carboxylic acids is 1. The van der Waals surface area contributed by atoms with Crippen LogP contribution in [0.1, 0.15) is 10.5 Å². The van der Waals surface area contributed by atoms with Gasteiger partial charge in [-0.2, -0.15) is 0 Å². The first-order valence-electron chi connectivity index (χ1n) is 8.82. The van der Waals surface area contributed by atoms with E-state index in [1.165, 1.54) is 11.3 Å². The summed E-state index contributed by atoms with van der Waals surface area (Å²) in [5, 5.41) is 8.27. The Morgan fingerprint density at radius 3 is 2.55 bits per heavy atom. The topological polar surface area (TPSA) is 90.9 Å². The lowest BCUT2D eigenvalue weighted by molar-refractivity contribution is 0.102. The van der Waals surface area contributed by atoms with Crippen molar-refractivity contribution < 1.29 is 23.7 Å². The van der Waals surface area contributed by atoms with Crippen LogP contribution in [0.5, 0.6) is 23.0 Å². The maximum Gasteiger partial charge on any atom is 0.275 e. The second-order valence-electron chi connectivity index (χ2n) is 6.05. The smallest absolute Gasteiger partial charge is 0.275 e. The van der Waals surface area contributed by atoms with Gasteiger partial charge in [-0.3, -0.25) is 4.79 Å². The first-order chi connectivity index (χ1) is 14.2. The van der Waals surface area contributed by atoms with Crippen LogP contribution in [0, 0.1) is 0 Å². The Labute approximate surface area is 171 Å². The van der Waals surface area contributed by atoms with Crippen LogP contribution in [0.4, 0.5) is 16.5 Å². The molecule has 2 N–H and O–H groups in total. The van der Waals surface area contributed by atoms with E-state index in [0.29, 0.717) is 52.7 Å². The first-order valence-corrected chi connectivity index (χ1v) is 9.70. The van der Waals surface area contributed by atoms with E-state index in [0.717, 1.165) is 5.69 Å². The van der Waals surface area contributed by atoms with Crippen molar-refractivity contribution in [3.05, 3.63) is 47.5 Å². The van der Waals surface area contributed by atoms with Gasteiger partial charge in [0.15, 0.2) is 28.1 Å². The van der Waals surface area contributed by atoms with E-state index in [4.69, 9.17) is 18.9 Å². The van der Waals surface area contributed by atoms with E-state index in [9.17, 15) is 4.79 Å². The van der Waals surface area contributed by atoms with Crippen molar-refractivity contribution in [1.29, 1.82) is 0 Å². The minimum atomic E-state index is -0.307. The molecule has 0 fully saturated rings. The number of aromatic nitrogens is 1. The predicted molar refractivity (Wildman–Crippen MR) is 110 cm³/mol. The molecule has 29 heavy (non-hydrogen) atoms. The fourth-order valence-electron chi connectivity index (χ4n) is 2.79. The minimum Gasteiger partial charge on any atom is -0.493 e. The fraction of sp³-hybridized carbons (Fsp3) is 0.200. The van der Waals surface area contributed by atoms with Gasteiger partial charge in [0.2, 0.25) is 0 Å². The molecule has 150 valence electrons. The number of amides is 1. The Kier molecular flexibility index (Phi) is 5.39. The molecule has 2 heterocycles. The van der Waals surface area contributed by atoms with Gasteiger partial charge < -0.3 is 29.6 Å². The van der Waals surface area contributed by atoms with Crippen LogP contribution in [0.25, 0.3) is 0 Å². The summed E-state index contributed by atoms with van der Waals surface area (Å²) < 4.78 is 21.6. The molecule has 1 aliphatic heterocycles. The maximum absolute atomic E-state index is 12.5. The third kappa shape index (κ3) is 4.19. The third-order valence-corrected chi connectivity index (χ3v) is 4.93. The lowest BCUT2D eigenvalue weighted by Gasteiger charge is -2.18. The third-order valence-electron chi connectivity index (χ3n) is 4.17. The maximum atomic E-state index is 12.5. The number of ether oxygens (including phenoxy) is 4. The number of nitrogens with zero attached hydrogens (tertiary/aromatic N) is 1. The average Bonchev–Trinajstić information content (AvgIpc) is 3.22. The summed E-state index contributed by atoms with van der Waals surface area (Å²) in [5.74, 6) is 2.22. The van der Waals surface area contributed by atoms with Crippen LogP contribution < -0.4 is 29.6 Å². The summed E-state index contributed by atoms with van der Waals surface area (Å²) in [5.41, 5.74) is 1.70. The Morgan fingerprint density at radius 1 is 1.00 bits per heavy atom. The predicted octanol–water partition coefficient (Wildman–Crippen LogP) is 3.93. The van der Waals surface area contributed by atoms with Gasteiger partial charge in [-0.25, -0.2) is 4.98 Å². The summed E-state index contributed by atoms with van der Waals surface area (Å²) in [7, 11) is 3.16. The van der Waals surface area contributed by atoms with Gasteiger partial charge >= 0.3 is 0 Å². The van der Waals surface area contributed by atoms with E-state index in [-0.39, 0.29) is 5.91 Å². The molecule has 0 unspecified atom stereocenters.